The van der Waals surface area contributed by atoms with Gasteiger partial charge in [0, 0.05) is 29.8 Å². The van der Waals surface area contributed by atoms with E-state index in [0.717, 1.165) is 15.8 Å². The van der Waals surface area contributed by atoms with Gasteiger partial charge in [0.15, 0.2) is 0 Å². The third-order valence-electron chi connectivity index (χ3n) is 2.64. The van der Waals surface area contributed by atoms with Gasteiger partial charge in [-0.05, 0) is 34.5 Å². The largest absolute Gasteiger partial charge is 0.306 e. The van der Waals surface area contributed by atoms with Crippen LogP contribution in [0.2, 0.25) is 0 Å². The normalized spacial score (nSPS) is 12.1. The Hall–Kier alpha value is -0.920. The lowest BCUT2D eigenvalue weighted by Gasteiger charge is -2.03. The van der Waals surface area contributed by atoms with Crippen molar-refractivity contribution in [3.05, 3.63) is 34.7 Å². The molecule has 0 atom stereocenters. The van der Waals surface area contributed by atoms with Crippen LogP contribution in [0, 0.1) is 0 Å². The van der Waals surface area contributed by atoms with Crippen LogP contribution in [0.3, 0.4) is 0 Å². The van der Waals surface area contributed by atoms with Crippen LogP contribution >= 0.6 is 15.9 Å². The van der Waals surface area contributed by atoms with Gasteiger partial charge in [0.2, 0.25) is 10.0 Å². The fourth-order valence-corrected chi connectivity index (χ4v) is 3.26. The first kappa shape index (κ1) is 14.5. The van der Waals surface area contributed by atoms with Crippen LogP contribution in [0.1, 0.15) is 19.0 Å². The Kier molecular flexibility index (Phi) is 4.59. The summed E-state index contributed by atoms with van der Waals surface area (Å²) in [6.45, 7) is 2.23. The zero-order valence-electron chi connectivity index (χ0n) is 10.6. The van der Waals surface area contributed by atoms with E-state index >= 15 is 0 Å². The number of aromatic nitrogens is 2. The van der Waals surface area contributed by atoms with Crippen molar-refractivity contribution in [2.45, 2.75) is 19.8 Å². The topological polar surface area (TPSA) is 63.5 Å². The van der Waals surface area contributed by atoms with E-state index in [1.807, 2.05) is 35.9 Å². The summed E-state index contributed by atoms with van der Waals surface area (Å²) in [6.07, 6.45) is 5.04. The molecular weight excluding hydrogens is 330 g/mol. The summed E-state index contributed by atoms with van der Waals surface area (Å²) in [5.74, 6) is 0.172. The van der Waals surface area contributed by atoms with Crippen LogP contribution in [0.15, 0.2) is 29.0 Å². The first-order valence-corrected chi connectivity index (χ1v) is 8.55. The van der Waals surface area contributed by atoms with E-state index in [1.54, 1.807) is 0 Å². The maximum absolute atomic E-state index is 11.5. The molecule has 1 N–H and O–H groups in total. The number of hydrogen-bond acceptors (Lipinski definition) is 3. The lowest BCUT2D eigenvalue weighted by atomic mass is 10.3. The Morgan fingerprint density at radius 2 is 2.16 bits per heavy atom. The van der Waals surface area contributed by atoms with Crippen LogP contribution in [0.4, 0.5) is 0 Å². The molecule has 104 valence electrons. The van der Waals surface area contributed by atoms with Crippen LogP contribution in [0.25, 0.3) is 5.65 Å². The quantitative estimate of drug-likeness (QED) is 0.870. The van der Waals surface area contributed by atoms with Gasteiger partial charge in [0.25, 0.3) is 0 Å². The Morgan fingerprint density at radius 3 is 2.89 bits per heavy atom. The Bertz CT molecular complexity index is 667. The van der Waals surface area contributed by atoms with Gasteiger partial charge in [0.05, 0.1) is 11.4 Å². The standard InChI is InChI=1S/C12H16BrN3O2S/c1-2-7-19(17,18)14-6-5-11-9-16-8-10(13)3-4-12(16)15-11/h3-4,8-9,14H,2,5-7H2,1H3. The maximum Gasteiger partial charge on any atom is 0.211 e. The van der Waals surface area contributed by atoms with Crippen molar-refractivity contribution in [2.24, 2.45) is 0 Å². The molecule has 0 aliphatic rings. The minimum atomic E-state index is -3.13. The van der Waals surface area contributed by atoms with Gasteiger partial charge >= 0.3 is 0 Å². The fraction of sp³-hybridized carbons (Fsp3) is 0.417. The van der Waals surface area contributed by atoms with Gasteiger partial charge in [-0.3, -0.25) is 0 Å². The monoisotopic (exact) mass is 345 g/mol. The molecule has 2 aromatic rings. The highest BCUT2D eigenvalue weighted by atomic mass is 79.9. The highest BCUT2D eigenvalue weighted by Gasteiger charge is 2.08. The van der Waals surface area contributed by atoms with Gasteiger partial charge < -0.3 is 4.40 Å². The number of pyridine rings is 1. The molecule has 0 fully saturated rings. The van der Waals surface area contributed by atoms with Gasteiger partial charge in [0.1, 0.15) is 5.65 Å². The van der Waals surface area contributed by atoms with Gasteiger partial charge in [-0.25, -0.2) is 18.1 Å². The van der Waals surface area contributed by atoms with Gasteiger partial charge in [-0.1, -0.05) is 6.92 Å². The SMILES string of the molecule is CCCS(=O)(=O)NCCc1cn2cc(Br)ccc2n1. The second-order valence-electron chi connectivity index (χ2n) is 4.31. The molecule has 0 spiro atoms. The molecular formula is C12H16BrN3O2S. The number of rotatable bonds is 6. The number of hydrogen-bond donors (Lipinski definition) is 1. The number of halogens is 1. The molecule has 0 amide bonds. The maximum atomic E-state index is 11.5. The van der Waals surface area contributed by atoms with Crippen molar-refractivity contribution in [3.63, 3.8) is 0 Å². The van der Waals surface area contributed by atoms with E-state index < -0.39 is 10.0 Å². The third-order valence-corrected chi connectivity index (χ3v) is 4.70. The molecule has 0 saturated carbocycles. The summed E-state index contributed by atoms with van der Waals surface area (Å²) < 4.78 is 28.5. The van der Waals surface area contributed by atoms with Crippen LogP contribution < -0.4 is 4.72 Å². The summed E-state index contributed by atoms with van der Waals surface area (Å²) in [6, 6.07) is 3.84. The highest BCUT2D eigenvalue weighted by molar-refractivity contribution is 9.10. The average molecular weight is 346 g/mol. The first-order valence-electron chi connectivity index (χ1n) is 6.10. The number of imidazole rings is 1. The second-order valence-corrected chi connectivity index (χ2v) is 7.15. The van der Waals surface area contributed by atoms with E-state index in [4.69, 9.17) is 0 Å². The molecule has 0 bridgehead atoms. The minimum Gasteiger partial charge on any atom is -0.306 e. The molecule has 2 aromatic heterocycles. The Morgan fingerprint density at radius 1 is 1.37 bits per heavy atom. The number of nitrogens with zero attached hydrogens (tertiary/aromatic N) is 2. The molecule has 0 unspecified atom stereocenters. The van der Waals surface area contributed by atoms with E-state index in [1.165, 1.54) is 0 Å². The highest BCUT2D eigenvalue weighted by Crippen LogP contribution is 2.12. The predicted octanol–water partition coefficient (Wildman–Crippen LogP) is 1.97. The van der Waals surface area contributed by atoms with Crippen molar-refractivity contribution in [1.82, 2.24) is 14.1 Å². The molecule has 7 heteroatoms. The number of nitrogens with one attached hydrogen (secondary N) is 1. The van der Waals surface area contributed by atoms with Gasteiger partial charge in [-0.15, -0.1) is 0 Å². The lowest BCUT2D eigenvalue weighted by molar-refractivity contribution is 0.580. The molecule has 0 radical (unpaired) electrons. The molecule has 0 aliphatic carbocycles. The summed E-state index contributed by atoms with van der Waals surface area (Å²) >= 11 is 3.40. The molecule has 19 heavy (non-hydrogen) atoms. The molecule has 5 nitrogen and oxygen atoms in total. The zero-order chi connectivity index (χ0) is 13.9. The van der Waals surface area contributed by atoms with Crippen LogP contribution in [0.5, 0.6) is 0 Å². The summed E-state index contributed by atoms with van der Waals surface area (Å²) in [7, 11) is -3.13. The zero-order valence-corrected chi connectivity index (χ0v) is 13.0. The number of sulfonamides is 1. The first-order chi connectivity index (χ1) is 9.00. The summed E-state index contributed by atoms with van der Waals surface area (Å²) in [5, 5.41) is 0. The molecule has 2 heterocycles. The Labute approximate surface area is 121 Å². The van der Waals surface area contributed by atoms with Gasteiger partial charge in [-0.2, -0.15) is 0 Å². The molecule has 0 saturated heterocycles. The van der Waals surface area contributed by atoms with Crippen molar-refractivity contribution in [3.8, 4) is 0 Å². The Balaban J connectivity index is 1.99. The lowest BCUT2D eigenvalue weighted by Crippen LogP contribution is -2.28. The van der Waals surface area contributed by atoms with Crippen LogP contribution in [-0.4, -0.2) is 30.1 Å². The summed E-state index contributed by atoms with van der Waals surface area (Å²) in [5.41, 5.74) is 1.73. The molecule has 0 aromatic carbocycles. The van der Waals surface area contributed by atoms with Crippen molar-refractivity contribution < 1.29 is 8.42 Å². The van der Waals surface area contributed by atoms with E-state index in [2.05, 4.69) is 25.6 Å². The molecule has 2 rings (SSSR count). The smallest absolute Gasteiger partial charge is 0.211 e. The van der Waals surface area contributed by atoms with Crippen molar-refractivity contribution >= 4 is 31.6 Å². The van der Waals surface area contributed by atoms with E-state index in [0.29, 0.717) is 19.4 Å². The molecule has 0 aliphatic heterocycles. The third kappa shape index (κ3) is 4.02. The van der Waals surface area contributed by atoms with E-state index in [9.17, 15) is 8.42 Å². The fourth-order valence-electron chi connectivity index (χ4n) is 1.81. The van der Waals surface area contributed by atoms with Crippen molar-refractivity contribution in [2.75, 3.05) is 12.3 Å². The average Bonchev–Trinajstić information content (AvgIpc) is 2.70. The van der Waals surface area contributed by atoms with Crippen molar-refractivity contribution in [1.29, 1.82) is 0 Å². The minimum absolute atomic E-state index is 0.172. The van der Waals surface area contributed by atoms with Crippen LogP contribution in [-0.2, 0) is 16.4 Å². The van der Waals surface area contributed by atoms with E-state index in [-0.39, 0.29) is 5.75 Å². The summed E-state index contributed by atoms with van der Waals surface area (Å²) in [4.78, 5) is 4.43. The number of fused-ring (bicyclic) bond motifs is 1. The second kappa shape index (κ2) is 6.02. The predicted molar refractivity (Wildman–Crippen MR) is 78.7 cm³/mol.